The van der Waals surface area contributed by atoms with E-state index in [1.807, 2.05) is 0 Å². The highest BCUT2D eigenvalue weighted by molar-refractivity contribution is 5.94. The van der Waals surface area contributed by atoms with Crippen LogP contribution >= 0.6 is 0 Å². The number of amides is 1. The third-order valence-electron chi connectivity index (χ3n) is 1.86. The van der Waals surface area contributed by atoms with Gasteiger partial charge in [-0.3, -0.25) is 10.2 Å². The number of nitrogens with one attached hydrogen (secondary N) is 2. The zero-order valence-electron chi connectivity index (χ0n) is 7.64. The minimum Gasteiger partial charge on any atom is -0.290 e. The fraction of sp³-hybridized carbons (Fsp3) is 0. The molecular formula is C8H8N6O. The molecule has 0 spiro atoms. The highest BCUT2D eigenvalue weighted by Crippen LogP contribution is 2.14. The number of carbonyl (C=O) groups excluding carboxylic acids is 1. The number of rotatable bonds is 2. The van der Waals surface area contributed by atoms with Crippen molar-refractivity contribution in [2.75, 3.05) is 0 Å². The van der Waals surface area contributed by atoms with Crippen molar-refractivity contribution in [2.45, 2.75) is 0 Å². The predicted octanol–water partition coefficient (Wildman–Crippen LogP) is -0.530. The van der Waals surface area contributed by atoms with Gasteiger partial charge in [0.1, 0.15) is 0 Å². The van der Waals surface area contributed by atoms with Gasteiger partial charge in [0.25, 0.3) is 5.91 Å². The maximum atomic E-state index is 11.2. The van der Waals surface area contributed by atoms with E-state index in [0.717, 1.165) is 0 Å². The molecule has 0 atom stereocenters. The van der Waals surface area contributed by atoms with Crippen molar-refractivity contribution in [1.29, 1.82) is 0 Å². The van der Waals surface area contributed by atoms with Gasteiger partial charge >= 0.3 is 0 Å². The maximum absolute atomic E-state index is 11.2. The van der Waals surface area contributed by atoms with E-state index < -0.39 is 0 Å². The van der Waals surface area contributed by atoms with Gasteiger partial charge in [-0.05, 0) is 17.3 Å². The number of nitrogen functional groups attached to an aromatic ring is 1. The van der Waals surface area contributed by atoms with Gasteiger partial charge in [-0.15, -0.1) is 10.2 Å². The number of benzene rings is 1. The molecule has 76 valence electrons. The van der Waals surface area contributed by atoms with Gasteiger partial charge in [-0.1, -0.05) is 12.1 Å². The summed E-state index contributed by atoms with van der Waals surface area (Å²) in [5.74, 6) is 5.09. The van der Waals surface area contributed by atoms with Crippen LogP contribution in [0.2, 0.25) is 0 Å². The van der Waals surface area contributed by atoms with Crippen molar-refractivity contribution in [3.05, 3.63) is 29.8 Å². The summed E-state index contributed by atoms with van der Waals surface area (Å²) in [7, 11) is 0. The molecule has 0 bridgehead atoms. The number of aromatic amines is 1. The van der Waals surface area contributed by atoms with E-state index in [9.17, 15) is 4.79 Å². The second-order valence-corrected chi connectivity index (χ2v) is 2.79. The topological polar surface area (TPSA) is 110 Å². The number of nitrogens with two attached hydrogens (primary N) is 1. The van der Waals surface area contributed by atoms with Crippen LogP contribution in [-0.4, -0.2) is 26.5 Å². The summed E-state index contributed by atoms with van der Waals surface area (Å²) in [6.07, 6.45) is 0. The van der Waals surface area contributed by atoms with Crippen LogP contribution in [-0.2, 0) is 0 Å². The first-order chi connectivity index (χ1) is 7.31. The van der Waals surface area contributed by atoms with Gasteiger partial charge in [0.15, 0.2) is 0 Å². The monoisotopic (exact) mass is 204 g/mol. The van der Waals surface area contributed by atoms with Crippen LogP contribution in [0, 0.1) is 0 Å². The fourth-order valence-electron chi connectivity index (χ4n) is 1.17. The van der Waals surface area contributed by atoms with Gasteiger partial charge in [-0.25, -0.2) is 5.84 Å². The van der Waals surface area contributed by atoms with E-state index in [4.69, 9.17) is 5.84 Å². The molecule has 0 aliphatic rings. The Kier molecular flexibility index (Phi) is 2.38. The summed E-state index contributed by atoms with van der Waals surface area (Å²) in [6, 6.07) is 6.77. The van der Waals surface area contributed by atoms with Crippen LogP contribution in [0.5, 0.6) is 0 Å². The molecule has 0 aliphatic carbocycles. The highest BCUT2D eigenvalue weighted by Gasteiger charge is 2.07. The van der Waals surface area contributed by atoms with Crippen molar-refractivity contribution in [3.63, 3.8) is 0 Å². The largest absolute Gasteiger partial charge is 0.290 e. The molecular weight excluding hydrogens is 196 g/mol. The van der Waals surface area contributed by atoms with Gasteiger partial charge in [0, 0.05) is 11.1 Å². The number of hydrogen-bond acceptors (Lipinski definition) is 5. The van der Waals surface area contributed by atoms with E-state index in [2.05, 4.69) is 26.0 Å². The number of tetrazole rings is 1. The molecule has 1 heterocycles. The maximum Gasteiger partial charge on any atom is 0.265 e. The van der Waals surface area contributed by atoms with Crippen LogP contribution in [0.4, 0.5) is 0 Å². The number of nitrogens with zero attached hydrogens (tertiary/aromatic N) is 3. The molecule has 1 amide bonds. The standard InChI is InChI=1S/C8H8N6O/c9-10-8(15)6-3-1-2-5(4-6)7-11-13-14-12-7/h1-4H,9H2,(H,10,15)(H,11,12,13,14). The Labute approximate surface area is 84.6 Å². The Balaban J connectivity index is 2.39. The summed E-state index contributed by atoms with van der Waals surface area (Å²) >= 11 is 0. The molecule has 2 rings (SSSR count). The average Bonchev–Trinajstić information content (AvgIpc) is 2.82. The fourth-order valence-corrected chi connectivity index (χ4v) is 1.17. The Morgan fingerprint density at radius 2 is 2.33 bits per heavy atom. The lowest BCUT2D eigenvalue weighted by atomic mass is 10.1. The minimum absolute atomic E-state index is 0.361. The Morgan fingerprint density at radius 3 is 3.00 bits per heavy atom. The second-order valence-electron chi connectivity index (χ2n) is 2.79. The molecule has 0 aliphatic heterocycles. The number of carbonyl (C=O) groups is 1. The first-order valence-corrected chi connectivity index (χ1v) is 4.16. The van der Waals surface area contributed by atoms with Crippen LogP contribution in [0.25, 0.3) is 11.4 Å². The van der Waals surface area contributed by atoms with Crippen LogP contribution in [0.3, 0.4) is 0 Å². The summed E-state index contributed by atoms with van der Waals surface area (Å²) in [5.41, 5.74) is 3.19. The number of hydrogen-bond donors (Lipinski definition) is 3. The predicted molar refractivity (Wildman–Crippen MR) is 51.3 cm³/mol. The zero-order valence-corrected chi connectivity index (χ0v) is 7.64. The zero-order chi connectivity index (χ0) is 10.7. The van der Waals surface area contributed by atoms with Gasteiger partial charge in [0.05, 0.1) is 0 Å². The van der Waals surface area contributed by atoms with Gasteiger partial charge < -0.3 is 0 Å². The van der Waals surface area contributed by atoms with Crippen molar-refractivity contribution in [3.8, 4) is 11.4 Å². The van der Waals surface area contributed by atoms with Crippen molar-refractivity contribution >= 4 is 5.91 Å². The first kappa shape index (κ1) is 9.28. The average molecular weight is 204 g/mol. The Morgan fingerprint density at radius 1 is 1.47 bits per heavy atom. The lowest BCUT2D eigenvalue weighted by molar-refractivity contribution is 0.0953. The molecule has 1 aromatic carbocycles. The lowest BCUT2D eigenvalue weighted by Crippen LogP contribution is -2.29. The van der Waals surface area contributed by atoms with Crippen LogP contribution in [0.1, 0.15) is 10.4 Å². The molecule has 7 heteroatoms. The normalized spacial score (nSPS) is 9.93. The summed E-state index contributed by atoms with van der Waals surface area (Å²) in [6.45, 7) is 0. The quantitative estimate of drug-likeness (QED) is 0.346. The van der Waals surface area contributed by atoms with E-state index in [0.29, 0.717) is 17.0 Å². The summed E-state index contributed by atoms with van der Waals surface area (Å²) in [4.78, 5) is 11.2. The lowest BCUT2D eigenvalue weighted by Gasteiger charge is -2.00. The number of hydrazine groups is 1. The first-order valence-electron chi connectivity index (χ1n) is 4.16. The molecule has 0 radical (unpaired) electrons. The molecule has 1 aromatic heterocycles. The minimum atomic E-state index is -0.361. The van der Waals surface area contributed by atoms with Crippen LogP contribution in [0.15, 0.2) is 24.3 Å². The molecule has 15 heavy (non-hydrogen) atoms. The molecule has 0 fully saturated rings. The Hall–Kier alpha value is -2.28. The highest BCUT2D eigenvalue weighted by atomic mass is 16.2. The molecule has 0 saturated heterocycles. The third-order valence-corrected chi connectivity index (χ3v) is 1.86. The SMILES string of the molecule is NNC(=O)c1cccc(-c2nn[nH]n2)c1. The van der Waals surface area contributed by atoms with E-state index >= 15 is 0 Å². The van der Waals surface area contributed by atoms with Crippen molar-refractivity contribution in [1.82, 2.24) is 26.0 Å². The number of aromatic nitrogens is 4. The third kappa shape index (κ3) is 1.81. The smallest absolute Gasteiger partial charge is 0.265 e. The van der Waals surface area contributed by atoms with Crippen LogP contribution < -0.4 is 11.3 Å². The van der Waals surface area contributed by atoms with Crippen molar-refractivity contribution in [2.24, 2.45) is 5.84 Å². The summed E-state index contributed by atoms with van der Waals surface area (Å²) in [5, 5.41) is 13.4. The molecule has 2 aromatic rings. The molecule has 0 saturated carbocycles. The summed E-state index contributed by atoms with van der Waals surface area (Å²) < 4.78 is 0. The van der Waals surface area contributed by atoms with Gasteiger partial charge in [0.2, 0.25) is 5.82 Å². The number of H-pyrrole nitrogens is 1. The molecule has 4 N–H and O–H groups in total. The van der Waals surface area contributed by atoms with E-state index in [1.54, 1.807) is 24.3 Å². The Bertz CT molecular complexity index is 466. The second kappa shape index (κ2) is 3.84. The van der Waals surface area contributed by atoms with E-state index in [1.165, 1.54) is 0 Å². The molecule has 7 nitrogen and oxygen atoms in total. The van der Waals surface area contributed by atoms with E-state index in [-0.39, 0.29) is 5.91 Å². The molecule has 0 unspecified atom stereocenters. The van der Waals surface area contributed by atoms with Gasteiger partial charge in [-0.2, -0.15) is 5.21 Å². The van der Waals surface area contributed by atoms with Crippen molar-refractivity contribution < 1.29 is 4.79 Å².